The number of carbonyl (C=O) groups excluding carboxylic acids is 2. The van der Waals surface area contributed by atoms with Crippen molar-refractivity contribution in [3.63, 3.8) is 0 Å². The monoisotopic (exact) mass is 261 g/mol. The number of rotatable bonds is 8. The summed E-state index contributed by atoms with van der Waals surface area (Å²) < 4.78 is 9.54. The van der Waals surface area contributed by atoms with Crippen LogP contribution in [-0.4, -0.2) is 54.3 Å². The first-order chi connectivity index (χ1) is 8.51. The molecule has 0 bridgehead atoms. The van der Waals surface area contributed by atoms with Crippen LogP contribution < -0.4 is 0 Å². The van der Waals surface area contributed by atoms with Crippen LogP contribution in [-0.2, 0) is 19.1 Å². The lowest BCUT2D eigenvalue weighted by Crippen LogP contribution is -2.36. The molecule has 0 unspecified atom stereocenters. The van der Waals surface area contributed by atoms with Gasteiger partial charge in [-0.15, -0.1) is 0 Å². The zero-order chi connectivity index (χ0) is 14.0. The molecule has 0 radical (unpaired) electrons. The van der Waals surface area contributed by atoms with Crippen LogP contribution in [0.15, 0.2) is 0 Å². The fourth-order valence-electron chi connectivity index (χ4n) is 1.05. The van der Waals surface area contributed by atoms with E-state index in [0.717, 1.165) is 4.90 Å². The van der Waals surface area contributed by atoms with Gasteiger partial charge in [-0.2, -0.15) is 0 Å². The first kappa shape index (κ1) is 16.2. The largest absolute Gasteiger partial charge is 0.465 e. The summed E-state index contributed by atoms with van der Waals surface area (Å²) >= 11 is 0. The number of carbonyl (C=O) groups is 3. The molecule has 0 aliphatic carbocycles. The highest BCUT2D eigenvalue weighted by Gasteiger charge is 2.12. The summed E-state index contributed by atoms with van der Waals surface area (Å²) in [7, 11) is 0. The van der Waals surface area contributed by atoms with Crippen LogP contribution in [0.4, 0.5) is 4.79 Å². The van der Waals surface area contributed by atoms with Gasteiger partial charge in [-0.05, 0) is 0 Å². The van der Waals surface area contributed by atoms with Gasteiger partial charge in [0.25, 0.3) is 0 Å². The van der Waals surface area contributed by atoms with Crippen LogP contribution in [0.25, 0.3) is 0 Å². The lowest BCUT2D eigenvalue weighted by Gasteiger charge is -2.18. The Morgan fingerprint density at radius 3 is 1.61 bits per heavy atom. The van der Waals surface area contributed by atoms with Crippen molar-refractivity contribution in [2.75, 3.05) is 26.3 Å². The molecule has 0 aliphatic heterocycles. The summed E-state index contributed by atoms with van der Waals surface area (Å²) in [5.74, 6) is -0.754. The maximum Gasteiger partial charge on any atom is 0.407 e. The lowest BCUT2D eigenvalue weighted by molar-refractivity contribution is -0.143. The van der Waals surface area contributed by atoms with E-state index in [1.165, 1.54) is 0 Å². The van der Waals surface area contributed by atoms with Gasteiger partial charge in [0.1, 0.15) is 13.2 Å². The number of esters is 2. The SMILES string of the molecule is CCC(=O)OCCN(CCOC(=O)CC)C(=O)O. The third-order valence-corrected chi connectivity index (χ3v) is 2.10. The molecule has 7 heteroatoms. The van der Waals surface area contributed by atoms with Gasteiger partial charge in [0.05, 0.1) is 13.1 Å². The fourth-order valence-corrected chi connectivity index (χ4v) is 1.05. The number of nitrogens with zero attached hydrogens (tertiary/aromatic N) is 1. The summed E-state index contributed by atoms with van der Waals surface area (Å²) in [5.41, 5.74) is 0. The molecule has 0 aromatic heterocycles. The second kappa shape index (κ2) is 9.26. The first-order valence-electron chi connectivity index (χ1n) is 5.80. The minimum absolute atomic E-state index is 0.000692. The molecule has 0 aliphatic rings. The van der Waals surface area contributed by atoms with Crippen molar-refractivity contribution >= 4 is 18.0 Å². The highest BCUT2D eigenvalue weighted by atomic mass is 16.5. The van der Waals surface area contributed by atoms with Gasteiger partial charge in [-0.3, -0.25) is 9.59 Å². The number of amides is 1. The Morgan fingerprint density at radius 1 is 0.944 bits per heavy atom. The van der Waals surface area contributed by atoms with Crippen molar-refractivity contribution in [1.82, 2.24) is 4.90 Å². The van der Waals surface area contributed by atoms with E-state index in [1.54, 1.807) is 13.8 Å². The van der Waals surface area contributed by atoms with Crippen molar-refractivity contribution in [3.8, 4) is 0 Å². The smallest absolute Gasteiger partial charge is 0.407 e. The molecule has 1 amide bonds. The second-order valence-corrected chi connectivity index (χ2v) is 3.42. The van der Waals surface area contributed by atoms with Gasteiger partial charge in [0, 0.05) is 12.8 Å². The normalized spacial score (nSPS) is 9.67. The van der Waals surface area contributed by atoms with Crippen LogP contribution in [0, 0.1) is 0 Å². The fraction of sp³-hybridized carbons (Fsp3) is 0.727. The third-order valence-electron chi connectivity index (χ3n) is 2.10. The summed E-state index contributed by atoms with van der Waals surface area (Å²) in [5, 5.41) is 8.86. The summed E-state index contributed by atoms with van der Waals surface area (Å²) in [6.45, 7) is 3.43. The molecule has 0 spiro atoms. The molecule has 0 aromatic carbocycles. The Labute approximate surface area is 106 Å². The molecule has 0 saturated heterocycles. The zero-order valence-corrected chi connectivity index (χ0v) is 10.7. The van der Waals surface area contributed by atoms with Crippen molar-refractivity contribution in [1.29, 1.82) is 0 Å². The Morgan fingerprint density at radius 2 is 1.33 bits per heavy atom. The van der Waals surface area contributed by atoms with E-state index in [1.807, 2.05) is 0 Å². The number of hydrogen-bond acceptors (Lipinski definition) is 5. The minimum Gasteiger partial charge on any atom is -0.465 e. The zero-order valence-electron chi connectivity index (χ0n) is 10.7. The summed E-state index contributed by atoms with van der Waals surface area (Å²) in [4.78, 5) is 33.6. The lowest BCUT2D eigenvalue weighted by atomic mass is 10.5. The molecule has 0 rings (SSSR count). The predicted octanol–water partition coefficient (Wildman–Crippen LogP) is 0.873. The molecule has 0 atom stereocenters. The number of ether oxygens (including phenoxy) is 2. The maximum absolute atomic E-state index is 10.8. The Bertz CT molecular complexity index is 269. The van der Waals surface area contributed by atoms with E-state index in [4.69, 9.17) is 14.6 Å². The standard InChI is InChI=1S/C11H19NO6/c1-3-9(13)17-7-5-12(11(15)16)6-8-18-10(14)4-2/h3-8H2,1-2H3,(H,15,16). The molecule has 18 heavy (non-hydrogen) atoms. The molecular formula is C11H19NO6. The Hall–Kier alpha value is -1.79. The van der Waals surface area contributed by atoms with E-state index < -0.39 is 6.09 Å². The van der Waals surface area contributed by atoms with E-state index in [0.29, 0.717) is 0 Å². The molecular weight excluding hydrogens is 242 g/mol. The van der Waals surface area contributed by atoms with Crippen molar-refractivity contribution < 1.29 is 29.0 Å². The quantitative estimate of drug-likeness (QED) is 0.652. The number of hydrogen-bond donors (Lipinski definition) is 1. The molecule has 0 aromatic rings. The highest BCUT2D eigenvalue weighted by Crippen LogP contribution is 1.93. The van der Waals surface area contributed by atoms with Crippen LogP contribution >= 0.6 is 0 Å². The van der Waals surface area contributed by atoms with E-state index in [9.17, 15) is 14.4 Å². The number of carboxylic acid groups (broad SMARTS) is 1. The molecule has 104 valence electrons. The average molecular weight is 261 g/mol. The van der Waals surface area contributed by atoms with Gasteiger partial charge < -0.3 is 19.5 Å². The first-order valence-corrected chi connectivity index (χ1v) is 5.80. The van der Waals surface area contributed by atoms with Crippen LogP contribution in [0.3, 0.4) is 0 Å². The molecule has 0 fully saturated rings. The summed E-state index contributed by atoms with van der Waals surface area (Å²) in [6.07, 6.45) is -0.641. The third kappa shape index (κ3) is 7.48. The minimum atomic E-state index is -1.14. The van der Waals surface area contributed by atoms with Crippen LogP contribution in [0.2, 0.25) is 0 Å². The van der Waals surface area contributed by atoms with Crippen molar-refractivity contribution in [2.24, 2.45) is 0 Å². The van der Waals surface area contributed by atoms with E-state index in [2.05, 4.69) is 0 Å². The maximum atomic E-state index is 10.8. The van der Waals surface area contributed by atoms with E-state index >= 15 is 0 Å². The van der Waals surface area contributed by atoms with Crippen molar-refractivity contribution in [3.05, 3.63) is 0 Å². The Balaban J connectivity index is 3.89. The van der Waals surface area contributed by atoms with Crippen molar-refractivity contribution in [2.45, 2.75) is 26.7 Å². The molecule has 7 nitrogen and oxygen atoms in total. The van der Waals surface area contributed by atoms with Gasteiger partial charge in [0.2, 0.25) is 0 Å². The van der Waals surface area contributed by atoms with Crippen LogP contribution in [0.5, 0.6) is 0 Å². The van der Waals surface area contributed by atoms with Gasteiger partial charge in [-0.25, -0.2) is 4.79 Å². The van der Waals surface area contributed by atoms with Crippen LogP contribution in [0.1, 0.15) is 26.7 Å². The molecule has 1 N–H and O–H groups in total. The van der Waals surface area contributed by atoms with E-state index in [-0.39, 0.29) is 51.1 Å². The van der Waals surface area contributed by atoms with Gasteiger partial charge in [0.15, 0.2) is 0 Å². The average Bonchev–Trinajstić information content (AvgIpc) is 2.35. The van der Waals surface area contributed by atoms with Gasteiger partial charge in [-0.1, -0.05) is 13.8 Å². The highest BCUT2D eigenvalue weighted by molar-refractivity contribution is 5.69. The Kier molecular flexibility index (Phi) is 8.34. The predicted molar refractivity (Wildman–Crippen MR) is 62.1 cm³/mol. The second-order valence-electron chi connectivity index (χ2n) is 3.42. The molecule has 0 saturated carbocycles. The topological polar surface area (TPSA) is 93.1 Å². The molecule has 0 heterocycles. The summed E-state index contributed by atoms with van der Waals surface area (Å²) in [6, 6.07) is 0. The van der Waals surface area contributed by atoms with Gasteiger partial charge >= 0.3 is 18.0 Å².